The number of benzene rings is 2. The van der Waals surface area contributed by atoms with Gasteiger partial charge >= 0.3 is 5.97 Å². The number of allylic oxidation sites excluding steroid dienone is 6. The molecule has 0 fully saturated rings. The fraction of sp³-hybridized carbons (Fsp3) is 0.229. The minimum atomic E-state index is -1.14. The third kappa shape index (κ3) is 8.87. The zero-order valence-corrected chi connectivity index (χ0v) is 29.4. The fourth-order valence-corrected chi connectivity index (χ4v) is 8.28. The first-order valence-electron chi connectivity index (χ1n) is 14.2. The molecular formula is C35H30N2O4S5. The molecule has 0 bridgehead atoms. The molecule has 0 spiro atoms. The average molecular weight is 703 g/mol. The van der Waals surface area contributed by atoms with E-state index in [-0.39, 0.29) is 16.9 Å². The van der Waals surface area contributed by atoms with E-state index in [1.165, 1.54) is 11.1 Å². The van der Waals surface area contributed by atoms with Gasteiger partial charge in [-0.25, -0.2) is 0 Å². The number of aliphatic carboxylic acids is 2. The molecule has 5 rings (SSSR count). The van der Waals surface area contributed by atoms with E-state index in [2.05, 4.69) is 91.1 Å². The molecule has 0 amide bonds. The molecule has 46 heavy (non-hydrogen) atoms. The molecule has 1 aliphatic carbocycles. The van der Waals surface area contributed by atoms with Gasteiger partial charge in [-0.15, -0.1) is 11.8 Å². The quantitative estimate of drug-likeness (QED) is 0.151. The lowest BCUT2D eigenvalue weighted by molar-refractivity contribution is -0.551. The summed E-state index contributed by atoms with van der Waals surface area (Å²) in [6.07, 6.45) is 14.6. The molecule has 0 atom stereocenters. The van der Waals surface area contributed by atoms with Crippen LogP contribution < -0.4 is 14.6 Å². The molecule has 1 aromatic heterocycles. The van der Waals surface area contributed by atoms with Gasteiger partial charge in [-0.2, -0.15) is 0 Å². The normalized spacial score (nSPS) is 17.0. The SMILES string of the molecule is CSc1ccc2c(c1)N(C#CSCC(=O)O)/C(=C/C=C/C1=CC(=C/c3sc4ccccc4[n+]3C#CSCC(=O)[O-])/CC(C)(C)C1)S2. The van der Waals surface area contributed by atoms with Crippen LogP contribution in [0, 0.1) is 28.0 Å². The lowest BCUT2D eigenvalue weighted by Crippen LogP contribution is -2.29. The molecular weight excluding hydrogens is 673 g/mol. The fourth-order valence-electron chi connectivity index (χ4n) is 5.07. The molecule has 6 nitrogen and oxygen atoms in total. The Morgan fingerprint density at radius 2 is 1.93 bits per heavy atom. The topological polar surface area (TPSA) is 84.6 Å². The van der Waals surface area contributed by atoms with Crippen molar-refractivity contribution in [2.45, 2.75) is 36.5 Å². The van der Waals surface area contributed by atoms with E-state index in [0.717, 1.165) is 72.1 Å². The number of fused-ring (bicyclic) bond motifs is 2. The van der Waals surface area contributed by atoms with Gasteiger partial charge in [0.15, 0.2) is 0 Å². The van der Waals surface area contributed by atoms with E-state index in [0.29, 0.717) is 0 Å². The number of para-hydroxylation sites is 1. The number of carboxylic acids is 2. The molecule has 2 aromatic carbocycles. The second kappa shape index (κ2) is 15.4. The Labute approximate surface area is 290 Å². The van der Waals surface area contributed by atoms with Crippen molar-refractivity contribution in [3.8, 4) is 22.6 Å². The Hall–Kier alpha value is -3.45. The van der Waals surface area contributed by atoms with Crippen LogP contribution in [-0.4, -0.2) is 34.8 Å². The van der Waals surface area contributed by atoms with Crippen molar-refractivity contribution >= 4 is 92.3 Å². The van der Waals surface area contributed by atoms with Gasteiger partial charge in [0, 0.05) is 39.0 Å². The highest BCUT2D eigenvalue weighted by Gasteiger charge is 2.27. The van der Waals surface area contributed by atoms with Crippen molar-refractivity contribution in [1.82, 2.24) is 0 Å². The standard InChI is InChI=1S/C35H30N2O4S5/c1-35(2)20-24(7-6-10-31-37(14-16-44-23-34(40)41)28-19-26(42-3)11-12-30(28)45-31)17-25(21-35)18-32-36(13-15-43-22-33(38)39)27-8-4-5-9-29(27)46-32/h4-12,17-19H,20-23H2,1-3H3,(H-,38,39,40,41). The maximum atomic E-state index is 11.0. The van der Waals surface area contributed by atoms with Gasteiger partial charge in [0.25, 0.3) is 5.01 Å². The first kappa shape index (κ1) is 33.9. The van der Waals surface area contributed by atoms with Crippen LogP contribution in [0.1, 0.15) is 31.7 Å². The average Bonchev–Trinajstić information content (AvgIpc) is 3.52. The molecule has 234 valence electrons. The van der Waals surface area contributed by atoms with E-state index >= 15 is 0 Å². The molecule has 0 radical (unpaired) electrons. The molecule has 0 saturated carbocycles. The summed E-state index contributed by atoms with van der Waals surface area (Å²) in [5, 5.41) is 27.7. The van der Waals surface area contributed by atoms with Gasteiger partial charge in [-0.05, 0) is 71.3 Å². The number of carbonyl (C=O) groups excluding carboxylic acids is 1. The minimum absolute atomic E-state index is 0.0520. The van der Waals surface area contributed by atoms with Crippen LogP contribution in [0.5, 0.6) is 0 Å². The molecule has 2 heterocycles. The third-order valence-electron chi connectivity index (χ3n) is 6.82. The summed E-state index contributed by atoms with van der Waals surface area (Å²) in [7, 11) is 0. The van der Waals surface area contributed by atoms with Crippen LogP contribution >= 0.6 is 58.4 Å². The van der Waals surface area contributed by atoms with Gasteiger partial charge < -0.3 is 15.0 Å². The van der Waals surface area contributed by atoms with Crippen LogP contribution in [0.3, 0.4) is 0 Å². The van der Waals surface area contributed by atoms with Crippen molar-refractivity contribution in [2.75, 3.05) is 22.7 Å². The Morgan fingerprint density at radius 3 is 2.72 bits per heavy atom. The first-order valence-corrected chi connectivity index (χ1v) is 19.0. The lowest BCUT2D eigenvalue weighted by Gasteiger charge is -2.30. The van der Waals surface area contributed by atoms with Crippen molar-refractivity contribution in [3.63, 3.8) is 0 Å². The Balaban J connectivity index is 1.44. The number of anilines is 1. The highest BCUT2D eigenvalue weighted by Crippen LogP contribution is 2.47. The molecule has 2 aliphatic rings. The maximum Gasteiger partial charge on any atom is 0.314 e. The van der Waals surface area contributed by atoms with E-state index in [9.17, 15) is 14.7 Å². The molecule has 1 aliphatic heterocycles. The number of thioether (sulfide) groups is 4. The van der Waals surface area contributed by atoms with Crippen LogP contribution in [0.25, 0.3) is 16.3 Å². The third-order valence-corrected chi connectivity index (χ3v) is 11.0. The van der Waals surface area contributed by atoms with Crippen molar-refractivity contribution < 1.29 is 24.4 Å². The highest BCUT2D eigenvalue weighted by atomic mass is 32.2. The Kier molecular flexibility index (Phi) is 11.4. The van der Waals surface area contributed by atoms with E-state index in [1.54, 1.807) is 34.9 Å². The predicted octanol–water partition coefficient (Wildman–Crippen LogP) is 7.04. The van der Waals surface area contributed by atoms with Gasteiger partial charge in [0.2, 0.25) is 11.6 Å². The smallest absolute Gasteiger partial charge is 0.314 e. The number of rotatable bonds is 8. The van der Waals surface area contributed by atoms with Gasteiger partial charge in [-0.1, -0.05) is 95.4 Å². The van der Waals surface area contributed by atoms with Crippen LogP contribution in [0.4, 0.5) is 5.69 Å². The van der Waals surface area contributed by atoms with Gasteiger partial charge in [0.05, 0.1) is 16.7 Å². The van der Waals surface area contributed by atoms with Crippen molar-refractivity contribution in [2.24, 2.45) is 5.41 Å². The molecule has 11 heteroatoms. The summed E-state index contributed by atoms with van der Waals surface area (Å²) in [6, 6.07) is 20.7. The molecule has 0 saturated heterocycles. The number of carboxylic acid groups (broad SMARTS) is 2. The van der Waals surface area contributed by atoms with Gasteiger partial charge in [-0.3, -0.25) is 9.69 Å². The summed E-state index contributed by atoms with van der Waals surface area (Å²) in [5.74, 6) is -2.27. The number of thiazole rings is 1. The summed E-state index contributed by atoms with van der Waals surface area (Å²) in [4.78, 5) is 26.0. The number of aromatic nitrogens is 1. The number of nitrogens with zero attached hydrogens (tertiary/aromatic N) is 2. The number of hydrogen-bond acceptors (Lipinski definition) is 9. The second-order valence-corrected chi connectivity index (χ2v) is 15.7. The summed E-state index contributed by atoms with van der Waals surface area (Å²) >= 11 is 7.07. The largest absolute Gasteiger partial charge is 0.549 e. The molecule has 0 unspecified atom stereocenters. The lowest BCUT2D eigenvalue weighted by atomic mass is 9.75. The number of hydrogen-bond donors (Lipinski definition) is 1. The minimum Gasteiger partial charge on any atom is -0.549 e. The van der Waals surface area contributed by atoms with Crippen LogP contribution in [0.2, 0.25) is 0 Å². The summed E-state index contributed by atoms with van der Waals surface area (Å²) in [5.41, 5.74) is 4.45. The van der Waals surface area contributed by atoms with Crippen molar-refractivity contribution in [1.29, 1.82) is 0 Å². The maximum absolute atomic E-state index is 11.0. The highest BCUT2D eigenvalue weighted by molar-refractivity contribution is 8.04. The summed E-state index contributed by atoms with van der Waals surface area (Å²) in [6.45, 7) is 4.54. The second-order valence-electron chi connectivity index (χ2n) is 11.1. The predicted molar refractivity (Wildman–Crippen MR) is 193 cm³/mol. The summed E-state index contributed by atoms with van der Waals surface area (Å²) < 4.78 is 3.04. The van der Waals surface area contributed by atoms with E-state index in [4.69, 9.17) is 5.11 Å². The van der Waals surface area contributed by atoms with E-state index in [1.807, 2.05) is 33.9 Å². The Morgan fingerprint density at radius 1 is 1.13 bits per heavy atom. The zero-order chi connectivity index (χ0) is 32.7. The van der Waals surface area contributed by atoms with Crippen LogP contribution in [-0.2, 0) is 9.59 Å². The van der Waals surface area contributed by atoms with Crippen molar-refractivity contribution in [3.05, 3.63) is 88.0 Å². The molecule has 3 aromatic rings. The van der Waals surface area contributed by atoms with Gasteiger partial charge in [0.1, 0.15) is 10.5 Å². The Bertz CT molecular complexity index is 1930. The zero-order valence-electron chi connectivity index (χ0n) is 25.4. The van der Waals surface area contributed by atoms with E-state index < -0.39 is 11.9 Å². The number of carbonyl (C=O) groups is 2. The first-order chi connectivity index (χ1) is 22.1. The van der Waals surface area contributed by atoms with Crippen LogP contribution in [0.15, 0.2) is 92.7 Å². The monoisotopic (exact) mass is 702 g/mol. The molecule has 1 N–H and O–H groups in total.